The maximum atomic E-state index is 12.6. The van der Waals surface area contributed by atoms with Gasteiger partial charge in [0.2, 0.25) is 15.9 Å². The number of thioether (sulfide) groups is 1. The van der Waals surface area contributed by atoms with E-state index in [-0.39, 0.29) is 16.3 Å². The molecule has 0 heterocycles. The second-order valence-corrected chi connectivity index (χ2v) is 10.8. The van der Waals surface area contributed by atoms with Crippen LogP contribution in [0, 0.1) is 0 Å². The Morgan fingerprint density at radius 1 is 1.26 bits per heavy atom. The van der Waals surface area contributed by atoms with Crippen LogP contribution in [0.3, 0.4) is 0 Å². The van der Waals surface area contributed by atoms with Gasteiger partial charge in [0.1, 0.15) is 17.5 Å². The van der Waals surface area contributed by atoms with Gasteiger partial charge in [0.25, 0.3) is 0 Å². The second kappa shape index (κ2) is 9.54. The SMILES string of the molecule is COc1ccc(OC)c(N(C(C)C(=O)NCCSC(C)(C)C)S(C)(=O)=O)c1. The highest BCUT2D eigenvalue weighted by Gasteiger charge is 2.31. The number of nitrogens with zero attached hydrogens (tertiary/aromatic N) is 1. The summed E-state index contributed by atoms with van der Waals surface area (Å²) < 4.78 is 36.5. The number of ether oxygens (including phenoxy) is 2. The van der Waals surface area contributed by atoms with Crippen LogP contribution < -0.4 is 19.1 Å². The van der Waals surface area contributed by atoms with Gasteiger partial charge in [-0.05, 0) is 19.1 Å². The number of anilines is 1. The monoisotopic (exact) mass is 418 g/mol. The van der Waals surface area contributed by atoms with Crippen molar-refractivity contribution in [2.75, 3.05) is 37.1 Å². The minimum absolute atomic E-state index is 0.100. The number of benzene rings is 1. The normalized spacial score (nSPS) is 13.0. The molecule has 1 aromatic rings. The zero-order chi connectivity index (χ0) is 20.8. The van der Waals surface area contributed by atoms with Crippen LogP contribution in [0.4, 0.5) is 5.69 Å². The van der Waals surface area contributed by atoms with Gasteiger partial charge in [-0.15, -0.1) is 0 Å². The Hall–Kier alpha value is -1.61. The van der Waals surface area contributed by atoms with E-state index in [2.05, 4.69) is 26.1 Å². The maximum Gasteiger partial charge on any atom is 0.243 e. The molecule has 1 aromatic carbocycles. The Morgan fingerprint density at radius 2 is 1.89 bits per heavy atom. The molecule has 0 bridgehead atoms. The minimum Gasteiger partial charge on any atom is -0.497 e. The summed E-state index contributed by atoms with van der Waals surface area (Å²) in [5.41, 5.74) is 0.256. The average Bonchev–Trinajstić information content (AvgIpc) is 2.56. The van der Waals surface area contributed by atoms with Crippen LogP contribution in [0.25, 0.3) is 0 Å². The van der Waals surface area contributed by atoms with E-state index in [4.69, 9.17) is 9.47 Å². The summed E-state index contributed by atoms with van der Waals surface area (Å²) in [6, 6.07) is 3.87. The molecular formula is C18H30N2O5S2. The summed E-state index contributed by atoms with van der Waals surface area (Å²) in [4.78, 5) is 12.6. The van der Waals surface area contributed by atoms with Crippen LogP contribution in [-0.2, 0) is 14.8 Å². The van der Waals surface area contributed by atoms with Gasteiger partial charge in [0.15, 0.2) is 0 Å². The van der Waals surface area contributed by atoms with Gasteiger partial charge in [-0.2, -0.15) is 11.8 Å². The summed E-state index contributed by atoms with van der Waals surface area (Å²) in [7, 11) is -0.812. The van der Waals surface area contributed by atoms with Gasteiger partial charge in [-0.3, -0.25) is 9.10 Å². The van der Waals surface area contributed by atoms with Crippen LogP contribution in [0.5, 0.6) is 11.5 Å². The summed E-state index contributed by atoms with van der Waals surface area (Å²) >= 11 is 1.73. The average molecular weight is 419 g/mol. The summed E-state index contributed by atoms with van der Waals surface area (Å²) in [5.74, 6) is 1.17. The van der Waals surface area contributed by atoms with Crippen molar-refractivity contribution in [1.82, 2.24) is 5.32 Å². The first-order valence-corrected chi connectivity index (χ1v) is 11.4. The van der Waals surface area contributed by atoms with Crippen LogP contribution in [0.1, 0.15) is 27.7 Å². The lowest BCUT2D eigenvalue weighted by Crippen LogP contribution is -2.48. The minimum atomic E-state index is -3.74. The number of amides is 1. The molecule has 7 nitrogen and oxygen atoms in total. The number of carbonyl (C=O) groups excluding carboxylic acids is 1. The molecule has 1 rings (SSSR count). The van der Waals surface area contributed by atoms with Gasteiger partial charge in [0.05, 0.1) is 26.2 Å². The van der Waals surface area contributed by atoms with Gasteiger partial charge in [-0.25, -0.2) is 8.42 Å². The molecule has 27 heavy (non-hydrogen) atoms. The third-order valence-corrected chi connectivity index (χ3v) is 6.15. The smallest absolute Gasteiger partial charge is 0.243 e. The number of rotatable bonds is 9. The van der Waals surface area contributed by atoms with E-state index in [0.717, 1.165) is 16.3 Å². The van der Waals surface area contributed by atoms with Crippen LogP contribution in [-0.4, -0.2) is 57.9 Å². The summed E-state index contributed by atoms with van der Waals surface area (Å²) in [6.07, 6.45) is 1.06. The van der Waals surface area contributed by atoms with E-state index in [1.165, 1.54) is 14.2 Å². The van der Waals surface area contributed by atoms with E-state index in [0.29, 0.717) is 18.0 Å². The fourth-order valence-corrected chi connectivity index (χ4v) is 4.42. The van der Waals surface area contributed by atoms with Crippen molar-refractivity contribution in [2.45, 2.75) is 38.5 Å². The predicted octanol–water partition coefficient (Wildman–Crippen LogP) is 2.51. The highest BCUT2D eigenvalue weighted by molar-refractivity contribution is 8.00. The molecule has 0 aliphatic heterocycles. The number of methoxy groups -OCH3 is 2. The molecule has 0 radical (unpaired) electrons. The fraction of sp³-hybridized carbons (Fsp3) is 0.611. The Kier molecular flexibility index (Phi) is 8.28. The van der Waals surface area contributed by atoms with E-state index in [9.17, 15) is 13.2 Å². The van der Waals surface area contributed by atoms with E-state index in [1.54, 1.807) is 36.9 Å². The predicted molar refractivity (Wildman–Crippen MR) is 112 cm³/mol. The molecule has 0 aliphatic rings. The fourth-order valence-electron chi connectivity index (χ4n) is 2.43. The largest absolute Gasteiger partial charge is 0.497 e. The molecule has 0 spiro atoms. The summed E-state index contributed by atoms with van der Waals surface area (Å²) in [6.45, 7) is 8.30. The molecule has 1 N–H and O–H groups in total. The van der Waals surface area contributed by atoms with E-state index in [1.807, 2.05) is 0 Å². The van der Waals surface area contributed by atoms with Crippen molar-refractivity contribution in [3.8, 4) is 11.5 Å². The standard InChI is InChI=1S/C18H30N2O5S2/c1-13(17(21)19-10-11-26-18(2,3)4)20(27(7,22)23)15-12-14(24-5)8-9-16(15)25-6/h8-9,12-13H,10-11H2,1-7H3,(H,19,21). The van der Waals surface area contributed by atoms with E-state index < -0.39 is 16.1 Å². The first-order chi connectivity index (χ1) is 12.4. The first-order valence-electron chi connectivity index (χ1n) is 8.54. The molecule has 1 amide bonds. The molecule has 0 aliphatic carbocycles. The number of carbonyl (C=O) groups is 1. The van der Waals surface area contributed by atoms with Crippen molar-refractivity contribution >= 4 is 33.4 Å². The first kappa shape index (κ1) is 23.4. The van der Waals surface area contributed by atoms with Crippen molar-refractivity contribution in [1.29, 1.82) is 0 Å². The Morgan fingerprint density at radius 3 is 2.37 bits per heavy atom. The number of nitrogens with one attached hydrogen (secondary N) is 1. The highest BCUT2D eigenvalue weighted by atomic mass is 32.2. The van der Waals surface area contributed by atoms with Crippen LogP contribution >= 0.6 is 11.8 Å². The second-order valence-electron chi connectivity index (χ2n) is 7.02. The van der Waals surface area contributed by atoms with Crippen molar-refractivity contribution in [2.24, 2.45) is 0 Å². The summed E-state index contributed by atoms with van der Waals surface area (Å²) in [5, 5.41) is 2.81. The van der Waals surface area contributed by atoms with Gasteiger partial charge in [-0.1, -0.05) is 20.8 Å². The molecular weight excluding hydrogens is 388 g/mol. The van der Waals surface area contributed by atoms with E-state index >= 15 is 0 Å². The topological polar surface area (TPSA) is 84.9 Å². The zero-order valence-electron chi connectivity index (χ0n) is 17.0. The van der Waals surface area contributed by atoms with Crippen LogP contribution in [0.15, 0.2) is 18.2 Å². The molecule has 0 fully saturated rings. The highest BCUT2D eigenvalue weighted by Crippen LogP contribution is 2.35. The lowest BCUT2D eigenvalue weighted by atomic mass is 10.2. The molecule has 1 atom stereocenters. The Bertz CT molecular complexity index is 745. The Labute approximate surface area is 166 Å². The number of hydrogen-bond acceptors (Lipinski definition) is 6. The van der Waals surface area contributed by atoms with Crippen molar-refractivity contribution < 1.29 is 22.7 Å². The van der Waals surface area contributed by atoms with Crippen molar-refractivity contribution in [3.05, 3.63) is 18.2 Å². The molecule has 0 saturated carbocycles. The maximum absolute atomic E-state index is 12.6. The van der Waals surface area contributed by atoms with Crippen molar-refractivity contribution in [3.63, 3.8) is 0 Å². The van der Waals surface area contributed by atoms with Gasteiger partial charge < -0.3 is 14.8 Å². The zero-order valence-corrected chi connectivity index (χ0v) is 18.7. The lowest BCUT2D eigenvalue weighted by molar-refractivity contribution is -0.121. The molecule has 1 unspecified atom stereocenters. The van der Waals surface area contributed by atoms with Gasteiger partial charge >= 0.3 is 0 Å². The number of hydrogen-bond donors (Lipinski definition) is 1. The number of sulfonamides is 1. The molecule has 0 saturated heterocycles. The quantitative estimate of drug-likeness (QED) is 0.620. The molecule has 0 aromatic heterocycles. The molecule has 154 valence electrons. The lowest BCUT2D eigenvalue weighted by Gasteiger charge is -2.29. The van der Waals surface area contributed by atoms with Gasteiger partial charge in [0, 0.05) is 23.1 Å². The third-order valence-electron chi connectivity index (χ3n) is 3.65. The Balaban J connectivity index is 3.06. The third kappa shape index (κ3) is 7.14. The molecule has 9 heteroatoms. The van der Waals surface area contributed by atoms with Crippen LogP contribution in [0.2, 0.25) is 0 Å².